The highest BCUT2D eigenvalue weighted by molar-refractivity contribution is 6.04. The van der Waals surface area contributed by atoms with Gasteiger partial charge in [0, 0.05) is 11.6 Å². The molecule has 7 heteroatoms. The number of nitrogens with zero attached hydrogens (tertiary/aromatic N) is 1. The molecule has 0 aliphatic heterocycles. The Hall–Kier alpha value is -2.96. The van der Waals surface area contributed by atoms with E-state index in [0.717, 1.165) is 0 Å². The predicted molar refractivity (Wildman–Crippen MR) is 76.6 cm³/mol. The number of ketones is 1. The summed E-state index contributed by atoms with van der Waals surface area (Å²) in [4.78, 5) is 34.8. The molecule has 1 N–H and O–H groups in total. The molecule has 1 amide bonds. The first-order valence-electron chi connectivity index (χ1n) is 6.47. The Morgan fingerprint density at radius 1 is 1.27 bits per heavy atom. The van der Waals surface area contributed by atoms with Crippen LogP contribution in [0.4, 0.5) is 5.69 Å². The Morgan fingerprint density at radius 3 is 2.64 bits per heavy atom. The minimum atomic E-state index is -0.782. The number of ether oxygens (including phenoxy) is 1. The van der Waals surface area contributed by atoms with E-state index in [0.29, 0.717) is 16.9 Å². The fraction of sp³-hybridized carbons (Fsp3) is 0.200. The van der Waals surface area contributed by atoms with Crippen molar-refractivity contribution in [3.05, 3.63) is 47.3 Å². The zero-order chi connectivity index (χ0) is 16.1. The molecule has 22 heavy (non-hydrogen) atoms. The van der Waals surface area contributed by atoms with E-state index in [1.54, 1.807) is 31.2 Å². The highest BCUT2D eigenvalue weighted by atomic mass is 16.6. The average molecular weight is 302 g/mol. The number of hydrogen-bond donors (Lipinski definition) is 1. The van der Waals surface area contributed by atoms with Crippen molar-refractivity contribution in [2.75, 3.05) is 11.9 Å². The molecule has 0 saturated heterocycles. The molecule has 0 spiro atoms. The summed E-state index contributed by atoms with van der Waals surface area (Å²) in [6, 6.07) is 7.98. The molecule has 0 radical (unpaired) electrons. The number of aryl methyl sites for hydroxylation is 1. The van der Waals surface area contributed by atoms with Gasteiger partial charge in [0.1, 0.15) is 0 Å². The molecule has 0 atom stereocenters. The van der Waals surface area contributed by atoms with Crippen LogP contribution >= 0.6 is 0 Å². The van der Waals surface area contributed by atoms with Gasteiger partial charge in [0.15, 0.2) is 12.4 Å². The van der Waals surface area contributed by atoms with Crippen molar-refractivity contribution in [1.82, 2.24) is 5.16 Å². The fourth-order valence-electron chi connectivity index (χ4n) is 1.75. The second-order valence-corrected chi connectivity index (χ2v) is 4.56. The minimum absolute atomic E-state index is 0.0746. The topological polar surface area (TPSA) is 98.5 Å². The summed E-state index contributed by atoms with van der Waals surface area (Å²) >= 11 is 0. The number of carbonyl (C=O) groups excluding carboxylic acids is 3. The Bertz CT molecular complexity index is 720. The van der Waals surface area contributed by atoms with Crippen LogP contribution in [0.25, 0.3) is 0 Å². The number of esters is 1. The predicted octanol–water partition coefficient (Wildman–Crippen LogP) is 1.98. The zero-order valence-electron chi connectivity index (χ0n) is 12.1. The maximum absolute atomic E-state index is 11.8. The smallest absolute Gasteiger partial charge is 0.377 e. The third kappa shape index (κ3) is 3.78. The Balaban J connectivity index is 1.94. The number of Topliss-reactive ketones (excluding diaryl/α,β-unsaturated/α-hetero) is 1. The van der Waals surface area contributed by atoms with Crippen LogP contribution in [0.5, 0.6) is 0 Å². The number of aromatic nitrogens is 1. The van der Waals surface area contributed by atoms with Gasteiger partial charge in [-0.3, -0.25) is 9.59 Å². The number of anilines is 1. The number of benzene rings is 1. The Morgan fingerprint density at radius 2 is 2.00 bits per heavy atom. The van der Waals surface area contributed by atoms with E-state index < -0.39 is 18.5 Å². The largest absolute Gasteiger partial charge is 0.450 e. The first-order valence-corrected chi connectivity index (χ1v) is 6.47. The molecule has 2 aromatic rings. The monoisotopic (exact) mass is 302 g/mol. The maximum Gasteiger partial charge on any atom is 0.377 e. The van der Waals surface area contributed by atoms with E-state index in [-0.39, 0.29) is 11.5 Å². The Labute approximate surface area is 126 Å². The van der Waals surface area contributed by atoms with Gasteiger partial charge < -0.3 is 14.6 Å². The normalized spacial score (nSPS) is 10.1. The average Bonchev–Trinajstić information content (AvgIpc) is 2.92. The first kappa shape index (κ1) is 15.4. The second-order valence-electron chi connectivity index (χ2n) is 4.56. The van der Waals surface area contributed by atoms with Gasteiger partial charge in [0.2, 0.25) is 5.76 Å². The van der Waals surface area contributed by atoms with E-state index in [1.165, 1.54) is 13.0 Å². The molecule has 2 rings (SSSR count). The molecular formula is C15H14N2O5. The van der Waals surface area contributed by atoms with Crippen LogP contribution in [0.3, 0.4) is 0 Å². The number of hydrogen-bond acceptors (Lipinski definition) is 6. The van der Waals surface area contributed by atoms with Gasteiger partial charge in [-0.05, 0) is 26.0 Å². The highest BCUT2D eigenvalue weighted by Crippen LogP contribution is 2.15. The summed E-state index contributed by atoms with van der Waals surface area (Å²) in [6.45, 7) is 2.56. The molecule has 0 saturated carbocycles. The third-order valence-electron chi connectivity index (χ3n) is 2.74. The number of rotatable bonds is 5. The fourth-order valence-corrected chi connectivity index (χ4v) is 1.75. The van der Waals surface area contributed by atoms with Crippen molar-refractivity contribution in [1.29, 1.82) is 0 Å². The Kier molecular flexibility index (Phi) is 4.67. The molecule has 7 nitrogen and oxygen atoms in total. The van der Waals surface area contributed by atoms with Gasteiger partial charge >= 0.3 is 5.97 Å². The molecule has 0 fully saturated rings. The summed E-state index contributed by atoms with van der Waals surface area (Å²) in [5.74, 6) is -1.59. The van der Waals surface area contributed by atoms with Gasteiger partial charge in [0.25, 0.3) is 5.91 Å². The maximum atomic E-state index is 11.8. The molecule has 0 unspecified atom stereocenters. The lowest BCUT2D eigenvalue weighted by Crippen LogP contribution is -2.21. The first-order chi connectivity index (χ1) is 10.5. The van der Waals surface area contributed by atoms with Crippen LogP contribution in [-0.4, -0.2) is 29.4 Å². The molecule has 0 bridgehead atoms. The van der Waals surface area contributed by atoms with Gasteiger partial charge in [-0.2, -0.15) is 0 Å². The van der Waals surface area contributed by atoms with E-state index in [4.69, 9.17) is 9.26 Å². The summed E-state index contributed by atoms with van der Waals surface area (Å²) in [5.41, 5.74) is 1.28. The van der Waals surface area contributed by atoms with Crippen LogP contribution in [0.2, 0.25) is 0 Å². The zero-order valence-corrected chi connectivity index (χ0v) is 12.1. The van der Waals surface area contributed by atoms with E-state index >= 15 is 0 Å². The van der Waals surface area contributed by atoms with E-state index in [9.17, 15) is 14.4 Å². The molecule has 1 heterocycles. The van der Waals surface area contributed by atoms with Gasteiger partial charge in [-0.15, -0.1) is 0 Å². The van der Waals surface area contributed by atoms with Crippen LogP contribution in [0.15, 0.2) is 34.9 Å². The quantitative estimate of drug-likeness (QED) is 0.670. The van der Waals surface area contributed by atoms with Gasteiger partial charge in [0.05, 0.1) is 11.4 Å². The van der Waals surface area contributed by atoms with E-state index in [2.05, 4.69) is 10.5 Å². The van der Waals surface area contributed by atoms with Crippen molar-refractivity contribution >= 4 is 23.3 Å². The molecule has 1 aromatic carbocycles. The number of nitrogens with one attached hydrogen (secondary N) is 1. The number of amides is 1. The van der Waals surface area contributed by atoms with E-state index in [1.807, 2.05) is 0 Å². The van der Waals surface area contributed by atoms with Crippen LogP contribution in [0, 0.1) is 6.92 Å². The SMILES string of the molecule is CC(=O)c1ccccc1NC(=O)COC(=O)c1cc(C)no1. The highest BCUT2D eigenvalue weighted by Gasteiger charge is 2.16. The molecule has 1 aromatic heterocycles. The van der Waals surface area contributed by atoms with Crippen LogP contribution in [0.1, 0.15) is 33.5 Å². The lowest BCUT2D eigenvalue weighted by Gasteiger charge is -2.08. The summed E-state index contributed by atoms with van der Waals surface area (Å²) in [5, 5.41) is 6.07. The van der Waals surface area contributed by atoms with Crippen molar-refractivity contribution < 1.29 is 23.6 Å². The van der Waals surface area contributed by atoms with Crippen molar-refractivity contribution in [3.8, 4) is 0 Å². The van der Waals surface area contributed by atoms with Crippen LogP contribution in [-0.2, 0) is 9.53 Å². The minimum Gasteiger partial charge on any atom is -0.450 e. The summed E-state index contributed by atoms with van der Waals surface area (Å²) in [6.07, 6.45) is 0. The molecule has 0 aliphatic rings. The van der Waals surface area contributed by atoms with Crippen LogP contribution < -0.4 is 5.32 Å². The number of carbonyl (C=O) groups is 3. The van der Waals surface area contributed by atoms with Crippen molar-refractivity contribution in [2.24, 2.45) is 0 Å². The third-order valence-corrected chi connectivity index (χ3v) is 2.74. The van der Waals surface area contributed by atoms with Gasteiger partial charge in [-0.1, -0.05) is 17.3 Å². The molecular weight excluding hydrogens is 288 g/mol. The second kappa shape index (κ2) is 6.66. The van der Waals surface area contributed by atoms with Gasteiger partial charge in [-0.25, -0.2) is 4.79 Å². The molecule has 0 aliphatic carbocycles. The van der Waals surface area contributed by atoms with Crippen molar-refractivity contribution in [2.45, 2.75) is 13.8 Å². The summed E-state index contributed by atoms with van der Waals surface area (Å²) in [7, 11) is 0. The lowest BCUT2D eigenvalue weighted by molar-refractivity contribution is -0.119. The standard InChI is InChI=1S/C15H14N2O5/c1-9-7-13(22-17-9)15(20)21-8-14(19)16-12-6-4-3-5-11(12)10(2)18/h3-7H,8H2,1-2H3,(H,16,19). The van der Waals surface area contributed by atoms with Crippen molar-refractivity contribution in [3.63, 3.8) is 0 Å². The number of para-hydroxylation sites is 1. The summed E-state index contributed by atoms with van der Waals surface area (Å²) < 4.78 is 9.53. The lowest BCUT2D eigenvalue weighted by atomic mass is 10.1. The molecule has 114 valence electrons.